The molecule has 2 aromatic heterocycles. The summed E-state index contributed by atoms with van der Waals surface area (Å²) >= 11 is 0. The molecule has 0 aliphatic heterocycles. The minimum Gasteiger partial charge on any atom is -0.463 e. The van der Waals surface area contributed by atoms with Crippen LogP contribution in [0.25, 0.3) is 0 Å². The van der Waals surface area contributed by atoms with Crippen LogP contribution in [0.5, 0.6) is 6.01 Å². The van der Waals surface area contributed by atoms with Crippen LogP contribution in [0.1, 0.15) is 67.1 Å². The highest BCUT2D eigenvalue weighted by Gasteiger charge is 2.14. The second-order valence-electron chi connectivity index (χ2n) is 8.16. The lowest BCUT2D eigenvalue weighted by Crippen LogP contribution is -2.11. The predicted octanol–water partition coefficient (Wildman–Crippen LogP) is 4.89. The van der Waals surface area contributed by atoms with Crippen molar-refractivity contribution in [1.29, 1.82) is 0 Å². The number of nitrogens with zero attached hydrogens (tertiary/aromatic N) is 4. The fourth-order valence-corrected chi connectivity index (χ4v) is 1.70. The molecule has 0 amide bonds. The Morgan fingerprint density at radius 3 is 2.04 bits per heavy atom. The van der Waals surface area contributed by atoms with Crippen LogP contribution in [0, 0.1) is 17.8 Å². The van der Waals surface area contributed by atoms with E-state index in [2.05, 4.69) is 61.7 Å². The number of aromatic nitrogens is 4. The highest BCUT2D eigenvalue weighted by molar-refractivity contribution is 4.93. The Morgan fingerprint density at radius 1 is 1.00 bits per heavy atom. The molecular weight excluding hydrogens is 316 g/mol. The van der Waals surface area contributed by atoms with E-state index in [1.807, 2.05) is 0 Å². The predicted molar refractivity (Wildman–Crippen MR) is 101 cm³/mol. The molecule has 0 atom stereocenters. The van der Waals surface area contributed by atoms with E-state index in [0.717, 1.165) is 18.7 Å². The second kappa shape index (κ2) is 10.1. The Labute approximate surface area is 152 Å². The molecule has 0 aliphatic rings. The SMILES string of the molecule is C.CC(C)(C)CCOc1ncccn1.Cc1nc(CC(C)(C)C)no1. The van der Waals surface area contributed by atoms with Crippen LogP contribution < -0.4 is 4.74 Å². The Morgan fingerprint density at radius 2 is 1.60 bits per heavy atom. The lowest BCUT2D eigenvalue weighted by Gasteiger charge is -2.17. The van der Waals surface area contributed by atoms with E-state index in [1.54, 1.807) is 25.4 Å². The van der Waals surface area contributed by atoms with Gasteiger partial charge in [0, 0.05) is 25.7 Å². The maximum Gasteiger partial charge on any atom is 0.316 e. The van der Waals surface area contributed by atoms with E-state index < -0.39 is 0 Å². The molecule has 6 heteroatoms. The number of aryl methyl sites for hydroxylation is 1. The van der Waals surface area contributed by atoms with Gasteiger partial charge in [0.1, 0.15) is 0 Å². The summed E-state index contributed by atoms with van der Waals surface area (Å²) in [4.78, 5) is 12.0. The minimum atomic E-state index is 0. The molecule has 25 heavy (non-hydrogen) atoms. The summed E-state index contributed by atoms with van der Waals surface area (Å²) in [7, 11) is 0. The summed E-state index contributed by atoms with van der Waals surface area (Å²) in [6, 6.07) is 2.24. The third-order valence-corrected chi connectivity index (χ3v) is 2.88. The van der Waals surface area contributed by atoms with Crippen molar-refractivity contribution in [3.8, 4) is 6.01 Å². The van der Waals surface area contributed by atoms with Gasteiger partial charge in [0.05, 0.1) is 6.61 Å². The lowest BCUT2D eigenvalue weighted by molar-refractivity contribution is 0.229. The molecule has 0 bridgehead atoms. The van der Waals surface area contributed by atoms with Crippen LogP contribution in [0.15, 0.2) is 23.0 Å². The van der Waals surface area contributed by atoms with Gasteiger partial charge in [0.2, 0.25) is 5.89 Å². The number of rotatable bonds is 4. The lowest BCUT2D eigenvalue weighted by atomic mass is 9.92. The number of hydrogen-bond donors (Lipinski definition) is 0. The minimum absolute atomic E-state index is 0. The van der Waals surface area contributed by atoms with Crippen molar-refractivity contribution in [1.82, 2.24) is 20.1 Å². The summed E-state index contributed by atoms with van der Waals surface area (Å²) in [6.45, 7) is 15.5. The van der Waals surface area contributed by atoms with Crippen LogP contribution >= 0.6 is 0 Å². The number of hydrogen-bond acceptors (Lipinski definition) is 6. The fraction of sp³-hybridized carbons (Fsp3) is 0.684. The molecule has 0 unspecified atom stereocenters. The van der Waals surface area contributed by atoms with Crippen molar-refractivity contribution in [3.05, 3.63) is 30.2 Å². The quantitative estimate of drug-likeness (QED) is 0.781. The Hall–Kier alpha value is -1.98. The highest BCUT2D eigenvalue weighted by atomic mass is 16.5. The summed E-state index contributed by atoms with van der Waals surface area (Å²) < 4.78 is 10.2. The summed E-state index contributed by atoms with van der Waals surface area (Å²) in [5, 5.41) is 3.82. The zero-order chi connectivity index (χ0) is 18.2. The van der Waals surface area contributed by atoms with E-state index in [1.165, 1.54) is 0 Å². The van der Waals surface area contributed by atoms with Gasteiger partial charge in [-0.05, 0) is 23.3 Å². The van der Waals surface area contributed by atoms with Gasteiger partial charge in [0.25, 0.3) is 0 Å². The molecule has 0 N–H and O–H groups in total. The van der Waals surface area contributed by atoms with Gasteiger partial charge >= 0.3 is 6.01 Å². The normalized spacial score (nSPS) is 11.2. The molecule has 0 fully saturated rings. The summed E-state index contributed by atoms with van der Waals surface area (Å²) in [6.07, 6.45) is 5.23. The molecular formula is C19H34N4O2. The van der Waals surface area contributed by atoms with Gasteiger partial charge < -0.3 is 9.26 Å². The van der Waals surface area contributed by atoms with Gasteiger partial charge in [-0.25, -0.2) is 9.97 Å². The van der Waals surface area contributed by atoms with Crippen molar-refractivity contribution < 1.29 is 9.26 Å². The first-order chi connectivity index (χ1) is 11.1. The van der Waals surface area contributed by atoms with E-state index in [0.29, 0.717) is 23.9 Å². The molecule has 142 valence electrons. The Bertz CT molecular complexity index is 583. The first-order valence-corrected chi connectivity index (χ1v) is 8.24. The molecule has 0 saturated heterocycles. The summed E-state index contributed by atoms with van der Waals surface area (Å²) in [5.41, 5.74) is 0.533. The average molecular weight is 351 g/mol. The van der Waals surface area contributed by atoms with E-state index in [9.17, 15) is 0 Å². The largest absolute Gasteiger partial charge is 0.463 e. The maximum absolute atomic E-state index is 5.36. The van der Waals surface area contributed by atoms with Crippen molar-refractivity contribution in [2.45, 2.75) is 68.7 Å². The zero-order valence-electron chi connectivity index (χ0n) is 16.0. The molecule has 0 saturated carbocycles. The monoisotopic (exact) mass is 350 g/mol. The smallest absolute Gasteiger partial charge is 0.316 e. The molecule has 6 nitrogen and oxygen atoms in total. The van der Waals surface area contributed by atoms with Gasteiger partial charge in [0.15, 0.2) is 5.82 Å². The Balaban J connectivity index is 0.000000449. The average Bonchev–Trinajstić information content (AvgIpc) is 2.82. The highest BCUT2D eigenvalue weighted by Crippen LogP contribution is 2.18. The summed E-state index contributed by atoms with van der Waals surface area (Å²) in [5.74, 6) is 1.44. The molecule has 2 rings (SSSR count). The van der Waals surface area contributed by atoms with Crippen LogP contribution in [-0.4, -0.2) is 26.7 Å². The van der Waals surface area contributed by atoms with E-state index in [4.69, 9.17) is 9.26 Å². The van der Waals surface area contributed by atoms with E-state index in [-0.39, 0.29) is 12.8 Å². The van der Waals surface area contributed by atoms with Gasteiger partial charge in [-0.15, -0.1) is 0 Å². The van der Waals surface area contributed by atoms with Crippen molar-refractivity contribution in [2.24, 2.45) is 10.8 Å². The van der Waals surface area contributed by atoms with Crippen LogP contribution in [0.4, 0.5) is 0 Å². The Kier molecular flexibility index (Phi) is 9.31. The van der Waals surface area contributed by atoms with Gasteiger partial charge in [-0.1, -0.05) is 54.1 Å². The molecule has 0 aliphatic carbocycles. The molecule has 0 spiro atoms. The first-order valence-electron chi connectivity index (χ1n) is 8.24. The van der Waals surface area contributed by atoms with Crippen LogP contribution in [-0.2, 0) is 6.42 Å². The van der Waals surface area contributed by atoms with Gasteiger partial charge in [-0.3, -0.25) is 0 Å². The molecule has 2 aromatic rings. The van der Waals surface area contributed by atoms with Gasteiger partial charge in [-0.2, -0.15) is 4.98 Å². The third-order valence-electron chi connectivity index (χ3n) is 2.88. The molecule has 0 aromatic carbocycles. The van der Waals surface area contributed by atoms with Crippen molar-refractivity contribution in [2.75, 3.05) is 6.61 Å². The molecule has 0 radical (unpaired) electrons. The van der Waals surface area contributed by atoms with Crippen molar-refractivity contribution >= 4 is 0 Å². The molecule has 2 heterocycles. The maximum atomic E-state index is 5.36. The fourth-order valence-electron chi connectivity index (χ4n) is 1.70. The van der Waals surface area contributed by atoms with E-state index >= 15 is 0 Å². The topological polar surface area (TPSA) is 73.9 Å². The number of ether oxygens (including phenoxy) is 1. The van der Waals surface area contributed by atoms with Crippen molar-refractivity contribution in [3.63, 3.8) is 0 Å². The second-order valence-corrected chi connectivity index (χ2v) is 8.16. The van der Waals surface area contributed by atoms with Crippen LogP contribution in [0.2, 0.25) is 0 Å². The standard InChI is InChI=1S/C10H16N2O.C8H14N2O.CH4/c1-10(2,3)5-8-13-9-11-6-4-7-12-9;1-6-9-7(10-11-6)5-8(2,3)4;/h4,6-7H,5,8H2,1-3H3;5H2,1-4H3;1H4. The first kappa shape index (κ1) is 23.0. The zero-order valence-corrected chi connectivity index (χ0v) is 16.0. The van der Waals surface area contributed by atoms with Crippen LogP contribution in [0.3, 0.4) is 0 Å². The third kappa shape index (κ3) is 12.1.